The quantitative estimate of drug-likeness (QED) is 0.343. The van der Waals surface area contributed by atoms with Crippen LogP contribution < -0.4 is 5.73 Å². The minimum atomic E-state index is -0.765. The third kappa shape index (κ3) is 4.32. The third-order valence-electron chi connectivity index (χ3n) is 5.19. The van der Waals surface area contributed by atoms with Gasteiger partial charge in [0.05, 0.1) is 5.57 Å². The number of ether oxygens (including phenoxy) is 2. The second kappa shape index (κ2) is 9.89. The van der Waals surface area contributed by atoms with Crippen LogP contribution in [0.5, 0.6) is 0 Å². The number of halogens is 1. The van der Waals surface area contributed by atoms with Crippen LogP contribution in [0.4, 0.5) is 0 Å². The molecule has 2 atom stereocenters. The van der Waals surface area contributed by atoms with Crippen molar-refractivity contribution in [2.24, 2.45) is 5.73 Å². The average molecular weight is 517 g/mol. The van der Waals surface area contributed by atoms with Crippen LogP contribution in [-0.2, 0) is 23.9 Å². The van der Waals surface area contributed by atoms with Gasteiger partial charge in [0.25, 0.3) is 0 Å². The van der Waals surface area contributed by atoms with E-state index >= 15 is 0 Å². The van der Waals surface area contributed by atoms with Gasteiger partial charge in [-0.1, -0.05) is 76.6 Å². The molecule has 1 fully saturated rings. The number of alkyl halides is 1. The first-order valence-corrected chi connectivity index (χ1v) is 12.2. The van der Waals surface area contributed by atoms with Crippen molar-refractivity contribution >= 4 is 45.5 Å². The summed E-state index contributed by atoms with van der Waals surface area (Å²) in [5, 5.41) is 0.0452. The van der Waals surface area contributed by atoms with E-state index in [9.17, 15) is 14.4 Å². The smallest absolute Gasteiger partial charge is 0.356 e. The summed E-state index contributed by atoms with van der Waals surface area (Å²) in [6.45, 7) is 0.142. The van der Waals surface area contributed by atoms with Crippen molar-refractivity contribution in [3.05, 3.63) is 83.1 Å². The molecule has 2 heterocycles. The van der Waals surface area contributed by atoms with Crippen LogP contribution in [0.1, 0.15) is 17.2 Å². The van der Waals surface area contributed by atoms with Crippen molar-refractivity contribution < 1.29 is 23.9 Å². The summed E-state index contributed by atoms with van der Waals surface area (Å²) in [5.41, 5.74) is 7.47. The maximum Gasteiger partial charge on any atom is 0.356 e. The Labute approximate surface area is 198 Å². The zero-order valence-corrected chi connectivity index (χ0v) is 19.4. The molecular formula is C23H21BrN2O5S. The third-order valence-corrected chi connectivity index (χ3v) is 6.81. The van der Waals surface area contributed by atoms with Crippen LogP contribution in [0.3, 0.4) is 0 Å². The Hall–Kier alpha value is -2.62. The summed E-state index contributed by atoms with van der Waals surface area (Å²) in [4.78, 5) is 39.9. The van der Waals surface area contributed by atoms with Crippen molar-refractivity contribution in [1.82, 2.24) is 4.90 Å². The molecule has 1 saturated heterocycles. The highest BCUT2D eigenvalue weighted by molar-refractivity contribution is 9.09. The molecule has 0 saturated carbocycles. The maximum absolute atomic E-state index is 13.4. The molecule has 4 rings (SSSR count). The zero-order valence-electron chi connectivity index (χ0n) is 17.0. The fourth-order valence-electron chi connectivity index (χ4n) is 3.63. The molecule has 2 aliphatic heterocycles. The molecule has 32 heavy (non-hydrogen) atoms. The van der Waals surface area contributed by atoms with Crippen LogP contribution in [0.25, 0.3) is 0 Å². The van der Waals surface area contributed by atoms with E-state index in [-0.39, 0.29) is 23.6 Å². The van der Waals surface area contributed by atoms with Crippen molar-refractivity contribution in [2.75, 3.05) is 17.7 Å². The summed E-state index contributed by atoms with van der Waals surface area (Å²) < 4.78 is 11.1. The lowest BCUT2D eigenvalue weighted by Gasteiger charge is -2.48. The lowest BCUT2D eigenvalue weighted by molar-refractivity contribution is -0.153. The normalized spacial score (nSPS) is 20.0. The van der Waals surface area contributed by atoms with Gasteiger partial charge in [-0.2, -0.15) is 0 Å². The minimum Gasteiger partial charge on any atom is -0.461 e. The van der Waals surface area contributed by atoms with E-state index in [1.54, 1.807) is 0 Å². The Morgan fingerprint density at radius 1 is 1.06 bits per heavy atom. The van der Waals surface area contributed by atoms with Gasteiger partial charge in [-0.15, -0.1) is 11.8 Å². The van der Waals surface area contributed by atoms with Crippen LogP contribution in [0, 0.1) is 0 Å². The molecule has 166 valence electrons. The summed E-state index contributed by atoms with van der Waals surface area (Å²) >= 11 is 4.54. The fraction of sp³-hybridized carbons (Fsp3) is 0.261. The summed E-state index contributed by atoms with van der Waals surface area (Å²) in [6, 6.07) is 17.9. The van der Waals surface area contributed by atoms with Crippen molar-refractivity contribution in [3.8, 4) is 0 Å². The fourth-order valence-corrected chi connectivity index (χ4v) is 5.06. The zero-order chi connectivity index (χ0) is 22.7. The van der Waals surface area contributed by atoms with E-state index < -0.39 is 35.4 Å². The largest absolute Gasteiger partial charge is 0.461 e. The van der Waals surface area contributed by atoms with Crippen LogP contribution >= 0.6 is 27.7 Å². The Kier molecular flexibility index (Phi) is 6.98. The number of carbonyl (C=O) groups is 3. The van der Waals surface area contributed by atoms with Gasteiger partial charge in [-0.25, -0.2) is 9.59 Å². The summed E-state index contributed by atoms with van der Waals surface area (Å²) in [6.07, 6.45) is -0.713. The highest BCUT2D eigenvalue weighted by atomic mass is 79.9. The van der Waals surface area contributed by atoms with Gasteiger partial charge in [0.15, 0.2) is 6.10 Å². The monoisotopic (exact) mass is 516 g/mol. The van der Waals surface area contributed by atoms with Gasteiger partial charge in [-0.3, -0.25) is 9.69 Å². The first-order valence-electron chi connectivity index (χ1n) is 10.00. The highest BCUT2D eigenvalue weighted by Gasteiger charge is 2.53. The Morgan fingerprint density at radius 3 is 2.22 bits per heavy atom. The van der Waals surface area contributed by atoms with Gasteiger partial charge >= 0.3 is 11.9 Å². The van der Waals surface area contributed by atoms with Gasteiger partial charge in [0.1, 0.15) is 23.7 Å². The first-order chi connectivity index (χ1) is 15.5. The van der Waals surface area contributed by atoms with E-state index in [0.29, 0.717) is 5.33 Å². The summed E-state index contributed by atoms with van der Waals surface area (Å²) in [7, 11) is 0. The molecule has 0 spiro atoms. The standard InChI is InChI=1S/C23H21BrN2O5S/c24-11-12-30-22(28)16-13-32-21-17(25)20(27)26(21)18(16)23(29)31-19(14-7-3-1-4-8-14)15-9-5-2-6-10-15/h1-10,17,19,21H,11-13,25H2/t17?,21-/m1/s1. The van der Waals surface area contributed by atoms with E-state index in [1.165, 1.54) is 16.7 Å². The second-order valence-corrected chi connectivity index (χ2v) is 9.09. The molecule has 7 nitrogen and oxygen atoms in total. The molecular weight excluding hydrogens is 496 g/mol. The molecule has 1 amide bonds. The van der Waals surface area contributed by atoms with Crippen LogP contribution in [-0.4, -0.2) is 51.9 Å². The molecule has 2 N–H and O–H groups in total. The van der Waals surface area contributed by atoms with Crippen molar-refractivity contribution in [3.63, 3.8) is 0 Å². The van der Waals surface area contributed by atoms with Gasteiger partial charge in [-0.05, 0) is 11.1 Å². The molecule has 0 aliphatic carbocycles. The minimum absolute atomic E-state index is 0.0862. The van der Waals surface area contributed by atoms with E-state index in [2.05, 4.69) is 15.9 Å². The highest BCUT2D eigenvalue weighted by Crippen LogP contribution is 2.41. The second-order valence-electron chi connectivity index (χ2n) is 7.19. The Morgan fingerprint density at radius 2 is 1.66 bits per heavy atom. The predicted octanol–water partition coefficient (Wildman–Crippen LogP) is 2.75. The molecule has 2 aromatic rings. The number of β-lactam (4-membered cyclic amide) rings is 1. The maximum atomic E-state index is 13.4. The van der Waals surface area contributed by atoms with Crippen LogP contribution in [0.15, 0.2) is 71.9 Å². The number of nitrogens with two attached hydrogens (primary N) is 1. The van der Waals surface area contributed by atoms with Crippen molar-refractivity contribution in [1.29, 1.82) is 0 Å². The molecule has 9 heteroatoms. The molecule has 2 aliphatic rings. The lowest BCUT2D eigenvalue weighted by atomic mass is 10.0. The number of thioether (sulfide) groups is 1. The molecule has 0 bridgehead atoms. The van der Waals surface area contributed by atoms with E-state index in [0.717, 1.165) is 11.1 Å². The average Bonchev–Trinajstić information content (AvgIpc) is 2.85. The molecule has 0 aromatic heterocycles. The van der Waals surface area contributed by atoms with E-state index in [4.69, 9.17) is 15.2 Å². The molecule has 0 radical (unpaired) electrons. The number of amides is 1. The predicted molar refractivity (Wildman–Crippen MR) is 124 cm³/mol. The topological polar surface area (TPSA) is 98.9 Å². The number of rotatable bonds is 7. The SMILES string of the molecule is NC1C(=O)N2C(C(=O)OC(c3ccccc3)c3ccccc3)=C(C(=O)OCCBr)CS[C@H]12. The number of carbonyl (C=O) groups excluding carboxylic acids is 3. The van der Waals surface area contributed by atoms with Gasteiger partial charge < -0.3 is 15.2 Å². The molecule has 1 unspecified atom stereocenters. The van der Waals surface area contributed by atoms with E-state index in [1.807, 2.05) is 60.7 Å². The number of hydrogen-bond donors (Lipinski definition) is 1. The Bertz CT molecular complexity index is 1010. The van der Waals surface area contributed by atoms with Gasteiger partial charge in [0.2, 0.25) is 5.91 Å². The number of esters is 2. The Balaban J connectivity index is 1.70. The van der Waals surface area contributed by atoms with Gasteiger partial charge in [0, 0.05) is 11.1 Å². The number of fused-ring (bicyclic) bond motifs is 1. The number of nitrogens with zero attached hydrogens (tertiary/aromatic N) is 1. The summed E-state index contributed by atoms with van der Waals surface area (Å²) in [5.74, 6) is -1.63. The van der Waals surface area contributed by atoms with Crippen LogP contribution in [0.2, 0.25) is 0 Å². The first kappa shape index (κ1) is 22.6. The number of hydrogen-bond acceptors (Lipinski definition) is 7. The lowest BCUT2D eigenvalue weighted by Crippen LogP contribution is -2.68. The van der Waals surface area contributed by atoms with Crippen molar-refractivity contribution in [2.45, 2.75) is 17.5 Å². The molecule has 2 aromatic carbocycles. The number of benzene rings is 2.